The van der Waals surface area contributed by atoms with Crippen LogP contribution in [0.15, 0.2) is 12.1 Å². The number of benzene rings is 1. The fraction of sp³-hybridized carbons (Fsp3) is 0.222. The molecule has 1 aliphatic heterocycles. The topological polar surface area (TPSA) is 43.8 Å². The zero-order valence-corrected chi connectivity index (χ0v) is 6.92. The maximum absolute atomic E-state index is 13.0. The standard InChI is InChI=1S/C9H8FN3/c10-6-3-5-1-2-13-8(5)7(4-6)12-9(13)11/h3-4H,1-2H2,(H2,11,12). The van der Waals surface area contributed by atoms with E-state index in [1.54, 1.807) is 6.07 Å². The molecule has 66 valence electrons. The molecule has 0 saturated carbocycles. The molecule has 2 heterocycles. The molecule has 0 atom stereocenters. The molecule has 2 aromatic rings. The van der Waals surface area contributed by atoms with Crippen LogP contribution in [0, 0.1) is 5.82 Å². The first-order valence-electron chi connectivity index (χ1n) is 4.20. The Morgan fingerprint density at radius 1 is 1.46 bits per heavy atom. The molecule has 2 N–H and O–H groups in total. The van der Waals surface area contributed by atoms with Gasteiger partial charge < -0.3 is 10.3 Å². The predicted molar refractivity (Wildman–Crippen MR) is 47.8 cm³/mol. The minimum absolute atomic E-state index is 0.228. The number of aromatic nitrogens is 2. The molecule has 0 unspecified atom stereocenters. The first-order valence-corrected chi connectivity index (χ1v) is 4.20. The Morgan fingerprint density at radius 3 is 3.15 bits per heavy atom. The van der Waals surface area contributed by atoms with E-state index in [-0.39, 0.29) is 5.82 Å². The van der Waals surface area contributed by atoms with Gasteiger partial charge in [-0.1, -0.05) is 0 Å². The molecule has 0 spiro atoms. The summed E-state index contributed by atoms with van der Waals surface area (Å²) in [7, 11) is 0. The third kappa shape index (κ3) is 0.748. The second-order valence-electron chi connectivity index (χ2n) is 3.30. The summed E-state index contributed by atoms with van der Waals surface area (Å²) >= 11 is 0. The van der Waals surface area contributed by atoms with E-state index in [1.807, 2.05) is 4.57 Å². The van der Waals surface area contributed by atoms with Gasteiger partial charge in [-0.15, -0.1) is 0 Å². The van der Waals surface area contributed by atoms with Crippen LogP contribution in [-0.4, -0.2) is 9.55 Å². The number of nitrogens with two attached hydrogens (primary N) is 1. The molecule has 13 heavy (non-hydrogen) atoms. The summed E-state index contributed by atoms with van der Waals surface area (Å²) in [6.45, 7) is 0.821. The second kappa shape index (κ2) is 2.02. The van der Waals surface area contributed by atoms with Crippen LogP contribution in [-0.2, 0) is 13.0 Å². The van der Waals surface area contributed by atoms with Crippen LogP contribution in [0.1, 0.15) is 5.56 Å². The van der Waals surface area contributed by atoms with Crippen LogP contribution in [0.4, 0.5) is 10.3 Å². The van der Waals surface area contributed by atoms with Crippen LogP contribution in [0.3, 0.4) is 0 Å². The summed E-state index contributed by atoms with van der Waals surface area (Å²) in [4.78, 5) is 4.09. The number of aryl methyl sites for hydroxylation is 2. The van der Waals surface area contributed by atoms with E-state index in [0.29, 0.717) is 11.5 Å². The van der Waals surface area contributed by atoms with Crippen molar-refractivity contribution in [1.82, 2.24) is 9.55 Å². The van der Waals surface area contributed by atoms with Crippen LogP contribution in [0.5, 0.6) is 0 Å². The highest BCUT2D eigenvalue weighted by Crippen LogP contribution is 2.28. The molecule has 3 nitrogen and oxygen atoms in total. The van der Waals surface area contributed by atoms with E-state index in [4.69, 9.17) is 5.73 Å². The Morgan fingerprint density at radius 2 is 2.31 bits per heavy atom. The summed E-state index contributed by atoms with van der Waals surface area (Å²) in [5.74, 6) is 0.258. The van der Waals surface area contributed by atoms with Gasteiger partial charge in [-0.25, -0.2) is 9.37 Å². The summed E-state index contributed by atoms with van der Waals surface area (Å²) in [6.07, 6.45) is 0.857. The van der Waals surface area contributed by atoms with Gasteiger partial charge >= 0.3 is 0 Å². The molecule has 1 aliphatic rings. The molecule has 0 radical (unpaired) electrons. The Hall–Kier alpha value is -1.58. The molecule has 0 amide bonds. The monoisotopic (exact) mass is 177 g/mol. The first kappa shape index (κ1) is 6.88. The molecular weight excluding hydrogens is 169 g/mol. The lowest BCUT2D eigenvalue weighted by molar-refractivity contribution is 0.627. The average Bonchev–Trinajstić information content (AvgIpc) is 2.58. The minimum atomic E-state index is -0.228. The Kier molecular flexibility index (Phi) is 1.07. The molecule has 3 rings (SSSR count). The fourth-order valence-corrected chi connectivity index (χ4v) is 1.98. The zero-order valence-electron chi connectivity index (χ0n) is 6.92. The largest absolute Gasteiger partial charge is 0.369 e. The van der Waals surface area contributed by atoms with Crippen LogP contribution in [0.25, 0.3) is 11.0 Å². The van der Waals surface area contributed by atoms with Crippen molar-refractivity contribution in [3.05, 3.63) is 23.5 Å². The van der Waals surface area contributed by atoms with E-state index < -0.39 is 0 Å². The molecule has 1 aromatic carbocycles. The van der Waals surface area contributed by atoms with Crippen LogP contribution < -0.4 is 5.73 Å². The van der Waals surface area contributed by atoms with Gasteiger partial charge in [0.05, 0.1) is 11.0 Å². The second-order valence-corrected chi connectivity index (χ2v) is 3.30. The van der Waals surface area contributed by atoms with E-state index in [9.17, 15) is 4.39 Å². The van der Waals surface area contributed by atoms with Gasteiger partial charge in [-0.3, -0.25) is 0 Å². The highest BCUT2D eigenvalue weighted by atomic mass is 19.1. The maximum Gasteiger partial charge on any atom is 0.201 e. The predicted octanol–water partition coefficient (Wildman–Crippen LogP) is 1.31. The van der Waals surface area contributed by atoms with Crippen LogP contribution >= 0.6 is 0 Å². The van der Waals surface area contributed by atoms with Gasteiger partial charge in [0.15, 0.2) is 0 Å². The van der Waals surface area contributed by atoms with Gasteiger partial charge in [-0.05, 0) is 18.1 Å². The third-order valence-corrected chi connectivity index (χ3v) is 2.52. The van der Waals surface area contributed by atoms with E-state index in [0.717, 1.165) is 24.0 Å². The van der Waals surface area contributed by atoms with Gasteiger partial charge in [0, 0.05) is 12.6 Å². The van der Waals surface area contributed by atoms with Crippen molar-refractivity contribution in [2.24, 2.45) is 0 Å². The molecule has 0 aliphatic carbocycles. The van der Waals surface area contributed by atoms with E-state index in [2.05, 4.69) is 4.98 Å². The van der Waals surface area contributed by atoms with Gasteiger partial charge in [0.1, 0.15) is 5.82 Å². The Labute approximate surface area is 74.0 Å². The minimum Gasteiger partial charge on any atom is -0.369 e. The number of rotatable bonds is 0. The third-order valence-electron chi connectivity index (χ3n) is 2.52. The highest BCUT2D eigenvalue weighted by molar-refractivity contribution is 5.83. The molecule has 0 fully saturated rings. The number of nitrogens with zero attached hydrogens (tertiary/aromatic N) is 2. The van der Waals surface area contributed by atoms with Crippen molar-refractivity contribution >= 4 is 17.0 Å². The summed E-state index contributed by atoms with van der Waals surface area (Å²) in [5.41, 5.74) is 8.36. The van der Waals surface area contributed by atoms with Crippen molar-refractivity contribution in [2.75, 3.05) is 5.73 Å². The molecule has 0 bridgehead atoms. The van der Waals surface area contributed by atoms with Crippen molar-refractivity contribution in [3.8, 4) is 0 Å². The number of halogens is 1. The van der Waals surface area contributed by atoms with Crippen molar-refractivity contribution in [2.45, 2.75) is 13.0 Å². The van der Waals surface area contributed by atoms with Crippen molar-refractivity contribution < 1.29 is 4.39 Å². The normalized spacial score (nSPS) is 14.2. The molecule has 4 heteroatoms. The lowest BCUT2D eigenvalue weighted by Gasteiger charge is -1.94. The van der Waals surface area contributed by atoms with Crippen molar-refractivity contribution in [1.29, 1.82) is 0 Å². The first-order chi connectivity index (χ1) is 6.25. The smallest absolute Gasteiger partial charge is 0.201 e. The zero-order chi connectivity index (χ0) is 9.00. The number of hydrogen-bond donors (Lipinski definition) is 1. The Balaban J connectivity index is 2.54. The lowest BCUT2D eigenvalue weighted by atomic mass is 10.1. The van der Waals surface area contributed by atoms with E-state index >= 15 is 0 Å². The average molecular weight is 177 g/mol. The number of anilines is 1. The van der Waals surface area contributed by atoms with Crippen molar-refractivity contribution in [3.63, 3.8) is 0 Å². The summed E-state index contributed by atoms with van der Waals surface area (Å²) in [5, 5.41) is 0. The van der Waals surface area contributed by atoms with Gasteiger partial charge in [0.2, 0.25) is 5.95 Å². The van der Waals surface area contributed by atoms with Gasteiger partial charge in [-0.2, -0.15) is 0 Å². The lowest BCUT2D eigenvalue weighted by Crippen LogP contribution is -1.99. The number of hydrogen-bond acceptors (Lipinski definition) is 2. The van der Waals surface area contributed by atoms with E-state index in [1.165, 1.54) is 6.07 Å². The highest BCUT2D eigenvalue weighted by Gasteiger charge is 2.18. The molecule has 0 saturated heterocycles. The fourth-order valence-electron chi connectivity index (χ4n) is 1.98. The number of imidazole rings is 1. The quantitative estimate of drug-likeness (QED) is 0.659. The van der Waals surface area contributed by atoms with Gasteiger partial charge in [0.25, 0.3) is 0 Å². The number of nitrogen functional groups attached to an aromatic ring is 1. The maximum atomic E-state index is 13.0. The molecular formula is C9H8FN3. The summed E-state index contributed by atoms with van der Waals surface area (Å²) < 4.78 is 15.0. The summed E-state index contributed by atoms with van der Waals surface area (Å²) in [6, 6.07) is 2.99. The SMILES string of the molecule is Nc1nc2cc(F)cc3c2n1CC3. The Bertz CT molecular complexity index is 501. The van der Waals surface area contributed by atoms with Crippen LogP contribution in [0.2, 0.25) is 0 Å². The molecule has 1 aromatic heterocycles.